The third-order valence-electron chi connectivity index (χ3n) is 8.50. The van der Waals surface area contributed by atoms with Crippen LogP contribution >= 0.6 is 23.2 Å². The molecule has 8 rings (SSSR count). The summed E-state index contributed by atoms with van der Waals surface area (Å²) in [5.41, 5.74) is 9.99. The molecule has 0 aromatic heterocycles. The summed E-state index contributed by atoms with van der Waals surface area (Å²) in [7, 11) is 0. The predicted molar refractivity (Wildman–Crippen MR) is 175 cm³/mol. The zero-order chi connectivity index (χ0) is 28.4. The Hall–Kier alpha value is -2.90. The van der Waals surface area contributed by atoms with Crippen LogP contribution in [0.15, 0.2) is 127 Å². The van der Waals surface area contributed by atoms with Crippen LogP contribution in [-0.4, -0.2) is 0 Å². The summed E-state index contributed by atoms with van der Waals surface area (Å²) < 4.78 is 1.42. The van der Waals surface area contributed by atoms with Crippen molar-refractivity contribution in [2.45, 2.75) is 6.42 Å². The van der Waals surface area contributed by atoms with Crippen LogP contribution in [-0.2, 0) is 24.7 Å². The van der Waals surface area contributed by atoms with Crippen molar-refractivity contribution in [1.82, 2.24) is 0 Å². The predicted octanol–water partition coefficient (Wildman–Crippen LogP) is 3.58. The fourth-order valence-electron chi connectivity index (χ4n) is 6.81. The van der Waals surface area contributed by atoms with Crippen molar-refractivity contribution in [3.05, 3.63) is 170 Å². The Morgan fingerprint density at radius 2 is 1.14 bits per heavy atom. The van der Waals surface area contributed by atoms with E-state index in [2.05, 4.69) is 103 Å². The maximum absolute atomic E-state index is 6.60. The average Bonchev–Trinajstić information content (AvgIpc) is 3.65. The smallest absolute Gasteiger partial charge is 1.00 e. The quantitative estimate of drug-likeness (QED) is 0.245. The number of hydrogen-bond acceptors (Lipinski definition) is 0. The minimum absolute atomic E-state index is 0. The summed E-state index contributed by atoms with van der Waals surface area (Å²) in [6, 6.07) is 38.8. The molecule has 2 aliphatic rings. The molecule has 0 saturated heterocycles. The molecule has 6 aromatic carbocycles. The van der Waals surface area contributed by atoms with Crippen molar-refractivity contribution in [2.75, 3.05) is 0 Å². The summed E-state index contributed by atoms with van der Waals surface area (Å²) in [4.78, 5) is 0. The van der Waals surface area contributed by atoms with Gasteiger partial charge in [-0.2, -0.15) is 0 Å². The number of benzene rings is 6. The van der Waals surface area contributed by atoms with Gasteiger partial charge in [-0.1, -0.05) is 0 Å². The van der Waals surface area contributed by atoms with Crippen LogP contribution in [0.1, 0.15) is 28.7 Å². The molecule has 0 heterocycles. The van der Waals surface area contributed by atoms with E-state index < -0.39 is 0 Å². The first-order valence-electron chi connectivity index (χ1n) is 14.1. The van der Waals surface area contributed by atoms with Gasteiger partial charge in [0.15, 0.2) is 0 Å². The molecule has 44 heavy (non-hydrogen) atoms. The molecule has 0 atom stereocenters. The maximum Gasteiger partial charge on any atom is -1.00 e. The van der Waals surface area contributed by atoms with Crippen LogP contribution in [0.4, 0.5) is 0 Å². The second-order valence-corrected chi connectivity index (χ2v) is 12.9. The van der Waals surface area contributed by atoms with E-state index in [9.17, 15) is 0 Å². The number of allylic oxidation sites excluding steroid dienone is 4. The number of rotatable bonds is 3. The van der Waals surface area contributed by atoms with Gasteiger partial charge in [0.05, 0.1) is 0 Å². The van der Waals surface area contributed by atoms with Crippen molar-refractivity contribution < 1.29 is 49.5 Å². The van der Waals surface area contributed by atoms with E-state index in [0.717, 1.165) is 23.1 Å². The van der Waals surface area contributed by atoms with Gasteiger partial charge in [0.1, 0.15) is 0 Å². The molecule has 0 amide bonds. The molecule has 0 radical (unpaired) electrons. The largest absolute Gasteiger partial charge is 1.00 e. The van der Waals surface area contributed by atoms with E-state index in [1.54, 1.807) is 0 Å². The summed E-state index contributed by atoms with van der Waals surface area (Å²) >= 11 is 14.6. The molecule has 0 spiro atoms. The maximum atomic E-state index is 6.60. The zero-order valence-electron chi connectivity index (χ0n) is 23.3. The molecule has 0 nitrogen and oxygen atoms in total. The molecule has 211 valence electrons. The van der Waals surface area contributed by atoms with Crippen LogP contribution in [0.25, 0.3) is 47.1 Å². The minimum Gasteiger partial charge on any atom is -1.00 e. The van der Waals surface area contributed by atoms with Crippen molar-refractivity contribution in [3.63, 3.8) is 0 Å². The van der Waals surface area contributed by atoms with E-state index >= 15 is 0 Å². The average molecular weight is 725 g/mol. The van der Waals surface area contributed by atoms with Gasteiger partial charge in [0.25, 0.3) is 0 Å². The number of halogens is 4. The van der Waals surface area contributed by atoms with Crippen LogP contribution < -0.4 is 35.3 Å². The SMILES string of the molecule is Clc1cccc(C(c2cccc(Cl)c2)=c2ccc3c(c2C2=CC=CC2)-c2c(c4ccccc4c4ccccc24)[C]=3[Zr+2])c1.[Cl-].[Cl-]. The third kappa shape index (κ3) is 4.95. The normalized spacial score (nSPS) is 12.9. The monoisotopic (exact) mass is 721 g/mol. The van der Waals surface area contributed by atoms with Crippen molar-refractivity contribution in [2.24, 2.45) is 0 Å². The molecule has 6 aromatic rings. The van der Waals surface area contributed by atoms with Crippen LogP contribution in [0.2, 0.25) is 10.0 Å². The molecule has 0 unspecified atom stereocenters. The van der Waals surface area contributed by atoms with E-state index in [-0.39, 0.29) is 24.8 Å². The Bertz CT molecular complexity index is 2270. The first-order chi connectivity index (χ1) is 20.6. The van der Waals surface area contributed by atoms with E-state index in [1.807, 2.05) is 24.3 Å². The molecule has 0 fully saturated rings. The van der Waals surface area contributed by atoms with Crippen molar-refractivity contribution in [1.29, 1.82) is 0 Å². The van der Waals surface area contributed by atoms with Gasteiger partial charge in [-0.25, -0.2) is 0 Å². The molecule has 2 aliphatic carbocycles. The second kappa shape index (κ2) is 12.5. The topological polar surface area (TPSA) is 0 Å². The summed E-state index contributed by atoms with van der Waals surface area (Å²) in [5.74, 6) is 0. The van der Waals surface area contributed by atoms with Crippen LogP contribution in [0.5, 0.6) is 0 Å². The van der Waals surface area contributed by atoms with Gasteiger partial charge >= 0.3 is 272 Å². The molecular formula is C39H23Cl4Zr. The Morgan fingerprint density at radius 3 is 1.68 bits per heavy atom. The Kier molecular flexibility index (Phi) is 8.82. The summed E-state index contributed by atoms with van der Waals surface area (Å²) in [6.07, 6.45) is 7.63. The van der Waals surface area contributed by atoms with Gasteiger partial charge in [-0.3, -0.25) is 0 Å². The fourth-order valence-corrected chi connectivity index (χ4v) is 8.34. The minimum atomic E-state index is 0. The second-order valence-electron chi connectivity index (χ2n) is 10.8. The number of fused-ring (bicyclic) bond motifs is 8. The van der Waals surface area contributed by atoms with E-state index in [1.165, 1.54) is 87.8 Å². The molecule has 0 saturated carbocycles. The van der Waals surface area contributed by atoms with Gasteiger partial charge < -0.3 is 24.8 Å². The van der Waals surface area contributed by atoms with Gasteiger partial charge in [-0.05, 0) is 0 Å². The van der Waals surface area contributed by atoms with Crippen LogP contribution in [0, 0.1) is 0 Å². The molecule has 0 aliphatic heterocycles. The summed E-state index contributed by atoms with van der Waals surface area (Å²) in [6.45, 7) is 0. The standard InChI is InChI=1S/C39H23Cl2.2ClH.Zr/c40-28-13-7-11-25(21-28)36(26-12-8-14-29(41)22-26)34-20-19-27-23-35-32-17-4-3-15-30(32)31-16-5-6-18-33(31)39(35)38(27)37(34)24-9-1-2-10-24;;;/h1-9,11-22H,10H2;2*1H;/q;;;+2/p-2. The van der Waals surface area contributed by atoms with Crippen molar-refractivity contribution in [3.8, 4) is 11.1 Å². The Morgan fingerprint density at radius 1 is 0.568 bits per heavy atom. The van der Waals surface area contributed by atoms with Gasteiger partial charge in [0.2, 0.25) is 0 Å². The van der Waals surface area contributed by atoms with E-state index in [4.69, 9.17) is 23.2 Å². The van der Waals surface area contributed by atoms with Gasteiger partial charge in [-0.15, -0.1) is 0 Å². The number of hydrogen-bond donors (Lipinski definition) is 0. The third-order valence-corrected chi connectivity index (χ3v) is 10.2. The van der Waals surface area contributed by atoms with Crippen molar-refractivity contribution >= 4 is 59.2 Å². The Labute approximate surface area is 294 Å². The summed E-state index contributed by atoms with van der Waals surface area (Å²) in [5, 5.41) is 9.21. The first kappa shape index (κ1) is 31.1. The zero-order valence-corrected chi connectivity index (χ0v) is 28.8. The van der Waals surface area contributed by atoms with E-state index in [0.29, 0.717) is 10.0 Å². The molecular weight excluding hydrogens is 701 g/mol. The fraction of sp³-hybridized carbons (Fsp3) is 0.0256. The van der Waals surface area contributed by atoms with Gasteiger partial charge in [0, 0.05) is 0 Å². The molecule has 0 N–H and O–H groups in total. The molecule has 5 heteroatoms. The molecule has 0 bridgehead atoms. The first-order valence-corrected chi connectivity index (χ1v) is 16.0. The Balaban J connectivity index is 0.00000171. The van der Waals surface area contributed by atoms with Crippen LogP contribution in [0.3, 0.4) is 0 Å².